The number of likely N-dealkylation sites (tertiary alicyclic amines) is 2. The van der Waals surface area contributed by atoms with Crippen molar-refractivity contribution < 1.29 is 28.6 Å². The van der Waals surface area contributed by atoms with Crippen LogP contribution in [0.5, 0.6) is 11.8 Å². The van der Waals surface area contributed by atoms with Gasteiger partial charge in [-0.05, 0) is 135 Å². The number of carbonyl (C=O) groups is 3. The Morgan fingerprint density at radius 1 is 0.873 bits per heavy atom. The predicted molar refractivity (Wildman–Crippen MR) is 268 cm³/mol. The summed E-state index contributed by atoms with van der Waals surface area (Å²) < 4.78 is 23.8. The van der Waals surface area contributed by atoms with Crippen LogP contribution < -0.4 is 25.2 Å². The number of hydrogen-bond donors (Lipinski definition) is 3. The molecule has 16 heteroatoms. The summed E-state index contributed by atoms with van der Waals surface area (Å²) in [6.45, 7) is 11.9. The van der Waals surface area contributed by atoms with Crippen LogP contribution in [0.25, 0.3) is 32.9 Å². The number of anilines is 2. The van der Waals surface area contributed by atoms with Gasteiger partial charge in [-0.1, -0.05) is 25.1 Å². The van der Waals surface area contributed by atoms with Crippen molar-refractivity contribution in [3.63, 3.8) is 0 Å². The van der Waals surface area contributed by atoms with E-state index in [0.29, 0.717) is 65.4 Å². The first kappa shape index (κ1) is 44.9. The molecular weight excluding hydrogens is 900 g/mol. The molecule has 9 heterocycles. The Morgan fingerprint density at radius 2 is 1.66 bits per heavy atom. The molecule has 8 aliphatic rings. The molecule has 3 amide bonds. The number of benzene rings is 3. The van der Waals surface area contributed by atoms with Crippen LogP contribution in [-0.4, -0.2) is 142 Å². The van der Waals surface area contributed by atoms with E-state index in [-0.39, 0.29) is 52.5 Å². The molecule has 7 aliphatic heterocycles. The van der Waals surface area contributed by atoms with Gasteiger partial charge in [0.25, 0.3) is 5.91 Å². The number of hydrogen-bond acceptors (Lipinski definition) is 13. The number of phenolic OH excluding ortho intramolecular Hbond substituents is 1. The summed E-state index contributed by atoms with van der Waals surface area (Å²) in [6.07, 6.45) is 12.1. The molecule has 3 atom stereocenters. The minimum atomic E-state index is -0.601. The van der Waals surface area contributed by atoms with Gasteiger partial charge in [-0.15, -0.1) is 0 Å². The van der Waals surface area contributed by atoms with Crippen LogP contribution in [0, 0.1) is 16.6 Å². The van der Waals surface area contributed by atoms with Crippen LogP contribution >= 0.6 is 0 Å². The molecule has 13 rings (SSSR count). The summed E-state index contributed by atoms with van der Waals surface area (Å²) in [7, 11) is 0. The van der Waals surface area contributed by atoms with Gasteiger partial charge in [0.2, 0.25) is 11.8 Å². The number of fused-ring (bicyclic) bond motifs is 5. The van der Waals surface area contributed by atoms with Crippen molar-refractivity contribution >= 4 is 50.9 Å². The lowest BCUT2D eigenvalue weighted by Crippen LogP contribution is -2.64. The third-order valence-corrected chi connectivity index (χ3v) is 17.7. The molecule has 3 N–H and O–H groups in total. The number of aryl methyl sites for hydroxylation is 1. The molecule has 1 spiro atoms. The minimum Gasteiger partial charge on any atom is -0.508 e. The maximum atomic E-state index is 17.2. The maximum Gasteiger partial charge on any atom is 0.319 e. The lowest BCUT2D eigenvalue weighted by Gasteiger charge is -2.57. The highest BCUT2D eigenvalue weighted by Crippen LogP contribution is 2.49. The second-order valence-corrected chi connectivity index (χ2v) is 22.3. The van der Waals surface area contributed by atoms with Crippen molar-refractivity contribution in [1.29, 1.82) is 0 Å². The van der Waals surface area contributed by atoms with Crippen LogP contribution in [0.3, 0.4) is 0 Å². The summed E-state index contributed by atoms with van der Waals surface area (Å²) in [5.41, 5.74) is 5.12. The fraction of sp³-hybridized carbons (Fsp3) is 0.527. The van der Waals surface area contributed by atoms with Crippen LogP contribution in [-0.2, 0) is 22.6 Å². The summed E-state index contributed by atoms with van der Waals surface area (Å²) in [4.78, 5) is 63.8. The SMILES string of the molecule is CCc1cccc2cc(O)cc(-c3ncc4c(N5CC6CCC(C5)N6)nc(OCC5(CN6CCC7(CC6)CN(C6CCN(c8ccc9c(c8)CN(C8CCC(=O)NC8=O)C9=O)CC6)C7)CC5)nc4c3F)c12. The predicted octanol–water partition coefficient (Wildman–Crippen LogP) is 6.18. The molecule has 0 radical (unpaired) electrons. The number of amides is 3. The molecular formula is C55H63FN10O5. The van der Waals surface area contributed by atoms with E-state index in [2.05, 4.69) is 49.3 Å². The summed E-state index contributed by atoms with van der Waals surface area (Å²) >= 11 is 0. The highest BCUT2D eigenvalue weighted by molar-refractivity contribution is 6.06. The lowest BCUT2D eigenvalue weighted by atomic mass is 9.70. The number of nitrogens with one attached hydrogen (secondary N) is 2. The van der Waals surface area contributed by atoms with E-state index in [1.54, 1.807) is 23.2 Å². The molecule has 3 unspecified atom stereocenters. The Morgan fingerprint density at radius 3 is 2.41 bits per heavy atom. The molecule has 15 nitrogen and oxygen atoms in total. The highest BCUT2D eigenvalue weighted by Gasteiger charge is 2.50. The molecule has 5 aromatic rings. The summed E-state index contributed by atoms with van der Waals surface area (Å²) in [5.74, 6) is -0.586. The largest absolute Gasteiger partial charge is 0.508 e. The number of imide groups is 1. The van der Waals surface area contributed by atoms with Crippen LogP contribution in [0.15, 0.2) is 54.7 Å². The molecule has 1 aliphatic carbocycles. The minimum absolute atomic E-state index is 0.0248. The number of piperidine rings is 3. The average molecular weight is 963 g/mol. The van der Waals surface area contributed by atoms with E-state index in [1.165, 1.54) is 25.9 Å². The number of ether oxygens (including phenoxy) is 1. The molecule has 2 aromatic heterocycles. The van der Waals surface area contributed by atoms with E-state index >= 15 is 4.39 Å². The topological polar surface area (TPSA) is 160 Å². The Bertz CT molecular complexity index is 2970. The molecule has 2 bridgehead atoms. The van der Waals surface area contributed by atoms with Gasteiger partial charge in [-0.2, -0.15) is 9.97 Å². The maximum absolute atomic E-state index is 17.2. The number of halogens is 1. The zero-order chi connectivity index (χ0) is 48.2. The fourth-order valence-corrected chi connectivity index (χ4v) is 13.5. The van der Waals surface area contributed by atoms with Crippen LogP contribution in [0.4, 0.5) is 15.9 Å². The van der Waals surface area contributed by atoms with Gasteiger partial charge in [-0.25, -0.2) is 4.39 Å². The number of nitrogens with zero attached hydrogens (tertiary/aromatic N) is 8. The third-order valence-electron chi connectivity index (χ3n) is 17.7. The summed E-state index contributed by atoms with van der Waals surface area (Å²) in [5, 5.41) is 19.2. The van der Waals surface area contributed by atoms with E-state index in [9.17, 15) is 19.5 Å². The molecule has 3 aromatic carbocycles. The zero-order valence-electron chi connectivity index (χ0n) is 40.6. The number of phenols is 1. The van der Waals surface area contributed by atoms with Crippen LogP contribution in [0.1, 0.15) is 92.6 Å². The molecule has 1 saturated carbocycles. The van der Waals surface area contributed by atoms with Crippen molar-refractivity contribution in [3.05, 3.63) is 77.2 Å². The monoisotopic (exact) mass is 962 g/mol. The second kappa shape index (κ2) is 17.4. The van der Waals surface area contributed by atoms with E-state index in [1.807, 2.05) is 24.3 Å². The van der Waals surface area contributed by atoms with Crippen molar-refractivity contribution in [1.82, 2.24) is 40.3 Å². The van der Waals surface area contributed by atoms with Crippen molar-refractivity contribution in [3.8, 4) is 23.0 Å². The Labute approximate surface area is 413 Å². The third kappa shape index (κ3) is 8.13. The Hall–Kier alpha value is -5.97. The first-order valence-electron chi connectivity index (χ1n) is 26.2. The molecule has 7 fully saturated rings. The number of pyridine rings is 1. The van der Waals surface area contributed by atoms with Gasteiger partial charge >= 0.3 is 6.01 Å². The first-order chi connectivity index (χ1) is 34.5. The zero-order valence-corrected chi connectivity index (χ0v) is 40.6. The van der Waals surface area contributed by atoms with E-state index in [0.717, 1.165) is 118 Å². The van der Waals surface area contributed by atoms with Crippen molar-refractivity contribution in [2.24, 2.45) is 10.8 Å². The molecule has 370 valence electrons. The van der Waals surface area contributed by atoms with Gasteiger partial charge in [0.1, 0.15) is 28.8 Å². The fourth-order valence-electron chi connectivity index (χ4n) is 13.5. The first-order valence-corrected chi connectivity index (χ1v) is 26.2. The second-order valence-electron chi connectivity index (χ2n) is 22.3. The smallest absolute Gasteiger partial charge is 0.319 e. The van der Waals surface area contributed by atoms with Gasteiger partial charge in [-0.3, -0.25) is 29.6 Å². The number of rotatable bonds is 11. The van der Waals surface area contributed by atoms with Gasteiger partial charge in [0.05, 0.1) is 12.0 Å². The molecule has 6 saturated heterocycles. The molecule has 71 heavy (non-hydrogen) atoms. The Balaban J connectivity index is 0.638. The van der Waals surface area contributed by atoms with E-state index < -0.39 is 11.9 Å². The Kier molecular flexibility index (Phi) is 11.0. The van der Waals surface area contributed by atoms with Crippen molar-refractivity contribution in [2.75, 3.05) is 75.3 Å². The number of carbonyl (C=O) groups excluding carboxylic acids is 3. The van der Waals surface area contributed by atoms with Gasteiger partial charge in [0.15, 0.2) is 5.82 Å². The standard InChI is InChI=1S/C55H63FN10O5/c1-2-33-4-3-5-34-23-40(67)24-42(46(33)34)48-47(56)49-43(25-57-48)50(64-27-36-6-7-37(28-64)58-36)61-53(60-49)71-32-55(14-15-55)29-62-20-16-54(17-21-62)30-65(31-54)38-12-18-63(19-13-38)39-8-9-41-35(22-39)26-66(52(41)70)44-10-11-45(68)59-51(44)69/h3-5,8-9,22-25,36-38,44,58,67H,2,6-7,10-21,26-32H2,1H3,(H,59,68,69). The quantitative estimate of drug-likeness (QED) is 0.129. The normalized spacial score (nSPS) is 25.3. The van der Waals surface area contributed by atoms with Crippen molar-refractivity contribution in [2.45, 2.75) is 108 Å². The lowest BCUT2D eigenvalue weighted by molar-refractivity contribution is -0.136. The highest BCUT2D eigenvalue weighted by atomic mass is 19.1. The number of piperazine rings is 1. The number of aromatic nitrogens is 3. The van der Waals surface area contributed by atoms with Crippen LogP contribution in [0.2, 0.25) is 0 Å². The van der Waals surface area contributed by atoms with Gasteiger partial charge < -0.3 is 34.8 Å². The number of aromatic hydroxyl groups is 1. The average Bonchev–Trinajstić information content (AvgIpc) is 3.95. The van der Waals surface area contributed by atoms with E-state index in [4.69, 9.17) is 19.7 Å². The van der Waals surface area contributed by atoms with Gasteiger partial charge in [0, 0.05) is 105 Å². The summed E-state index contributed by atoms with van der Waals surface area (Å²) in [6, 6.07) is 16.3.